The van der Waals surface area contributed by atoms with Gasteiger partial charge in [0.2, 0.25) is 0 Å². The standard InChI is InChI=1S/C8H11NO.C3H9NO/c9-6-8(10)7-4-2-1-3-5-7;4-2-1-3-5/h1-5,8,10H,6,9H2;5H,1-4H2. The second-order valence-corrected chi connectivity index (χ2v) is 3.03. The van der Waals surface area contributed by atoms with Crippen LogP contribution in [-0.2, 0) is 0 Å². The van der Waals surface area contributed by atoms with E-state index in [0.717, 1.165) is 12.0 Å². The van der Waals surface area contributed by atoms with Gasteiger partial charge in [0.1, 0.15) is 0 Å². The van der Waals surface area contributed by atoms with Crippen LogP contribution in [0.5, 0.6) is 0 Å². The number of nitrogens with two attached hydrogens (primary N) is 2. The molecular weight excluding hydrogens is 192 g/mol. The number of benzene rings is 1. The monoisotopic (exact) mass is 212 g/mol. The van der Waals surface area contributed by atoms with E-state index in [-0.39, 0.29) is 13.2 Å². The molecule has 0 spiro atoms. The minimum atomic E-state index is -0.513. The molecule has 0 aromatic heterocycles. The Morgan fingerprint density at radius 1 is 1.13 bits per heavy atom. The van der Waals surface area contributed by atoms with Crippen LogP contribution in [0, 0.1) is 0 Å². The van der Waals surface area contributed by atoms with Gasteiger partial charge in [0, 0.05) is 13.2 Å². The lowest BCUT2D eigenvalue weighted by Gasteiger charge is -2.05. The minimum absolute atomic E-state index is 0.219. The maximum atomic E-state index is 9.20. The quantitative estimate of drug-likeness (QED) is 0.565. The van der Waals surface area contributed by atoms with Crippen molar-refractivity contribution in [2.24, 2.45) is 11.5 Å². The van der Waals surface area contributed by atoms with E-state index in [9.17, 15) is 5.11 Å². The van der Waals surface area contributed by atoms with Crippen LogP contribution in [0.3, 0.4) is 0 Å². The average molecular weight is 212 g/mol. The van der Waals surface area contributed by atoms with Gasteiger partial charge in [0.05, 0.1) is 6.10 Å². The van der Waals surface area contributed by atoms with Gasteiger partial charge in [0.25, 0.3) is 0 Å². The van der Waals surface area contributed by atoms with Gasteiger partial charge in [0.15, 0.2) is 0 Å². The van der Waals surface area contributed by atoms with E-state index in [1.54, 1.807) is 0 Å². The third kappa shape index (κ3) is 7.04. The van der Waals surface area contributed by atoms with Crippen LogP contribution in [0.2, 0.25) is 0 Å². The van der Waals surface area contributed by atoms with Crippen molar-refractivity contribution in [1.29, 1.82) is 0 Å². The summed E-state index contributed by atoms with van der Waals surface area (Å²) in [4.78, 5) is 0. The van der Waals surface area contributed by atoms with Gasteiger partial charge in [-0.15, -0.1) is 0 Å². The van der Waals surface area contributed by atoms with Crippen LogP contribution in [0.4, 0.5) is 0 Å². The summed E-state index contributed by atoms with van der Waals surface area (Å²) in [5, 5.41) is 17.2. The van der Waals surface area contributed by atoms with Gasteiger partial charge in [-0.25, -0.2) is 0 Å². The highest BCUT2D eigenvalue weighted by atomic mass is 16.3. The van der Waals surface area contributed by atoms with E-state index in [1.807, 2.05) is 30.3 Å². The smallest absolute Gasteiger partial charge is 0.0912 e. The zero-order valence-electron chi connectivity index (χ0n) is 8.84. The Hall–Kier alpha value is -0.940. The van der Waals surface area contributed by atoms with Crippen LogP contribution in [0.1, 0.15) is 18.1 Å². The Kier molecular flexibility index (Phi) is 9.01. The lowest BCUT2D eigenvalue weighted by Crippen LogP contribution is -2.10. The van der Waals surface area contributed by atoms with E-state index in [2.05, 4.69) is 0 Å². The molecule has 4 heteroatoms. The van der Waals surface area contributed by atoms with E-state index in [0.29, 0.717) is 6.54 Å². The Morgan fingerprint density at radius 2 is 1.73 bits per heavy atom. The highest BCUT2D eigenvalue weighted by Crippen LogP contribution is 2.08. The molecule has 15 heavy (non-hydrogen) atoms. The van der Waals surface area contributed by atoms with Crippen LogP contribution in [-0.4, -0.2) is 29.9 Å². The number of rotatable bonds is 4. The van der Waals surface area contributed by atoms with E-state index in [1.165, 1.54) is 0 Å². The second kappa shape index (κ2) is 9.61. The SMILES string of the molecule is NCC(O)c1ccccc1.NCCCO. The van der Waals surface area contributed by atoms with Gasteiger partial charge in [-0.2, -0.15) is 0 Å². The maximum Gasteiger partial charge on any atom is 0.0912 e. The third-order valence-electron chi connectivity index (χ3n) is 1.77. The third-order valence-corrected chi connectivity index (χ3v) is 1.77. The van der Waals surface area contributed by atoms with Crippen molar-refractivity contribution in [3.05, 3.63) is 35.9 Å². The molecule has 0 aliphatic carbocycles. The molecule has 0 radical (unpaired) electrons. The van der Waals surface area contributed by atoms with Crippen molar-refractivity contribution in [2.45, 2.75) is 12.5 Å². The van der Waals surface area contributed by atoms with E-state index >= 15 is 0 Å². The Balaban J connectivity index is 0.000000336. The molecule has 1 unspecified atom stereocenters. The predicted molar refractivity (Wildman–Crippen MR) is 61.2 cm³/mol. The molecule has 4 nitrogen and oxygen atoms in total. The first kappa shape index (κ1) is 14.1. The van der Waals surface area contributed by atoms with Gasteiger partial charge in [-0.1, -0.05) is 30.3 Å². The van der Waals surface area contributed by atoms with Crippen molar-refractivity contribution in [3.63, 3.8) is 0 Å². The van der Waals surface area contributed by atoms with Gasteiger partial charge >= 0.3 is 0 Å². The number of hydrogen-bond acceptors (Lipinski definition) is 4. The summed E-state index contributed by atoms with van der Waals surface area (Å²) in [7, 11) is 0. The van der Waals surface area contributed by atoms with Gasteiger partial charge in [-0.3, -0.25) is 0 Å². The fourth-order valence-corrected chi connectivity index (χ4v) is 0.903. The molecule has 86 valence electrons. The Bertz CT molecular complexity index is 227. The molecule has 1 aromatic carbocycles. The topological polar surface area (TPSA) is 92.5 Å². The zero-order chi connectivity index (χ0) is 11.5. The van der Waals surface area contributed by atoms with Crippen LogP contribution in [0.15, 0.2) is 30.3 Å². The molecule has 0 fully saturated rings. The highest BCUT2D eigenvalue weighted by molar-refractivity contribution is 5.17. The lowest BCUT2D eigenvalue weighted by molar-refractivity contribution is 0.187. The van der Waals surface area contributed by atoms with E-state index < -0.39 is 6.10 Å². The van der Waals surface area contributed by atoms with Crippen molar-refractivity contribution in [3.8, 4) is 0 Å². The van der Waals surface area contributed by atoms with Crippen LogP contribution < -0.4 is 11.5 Å². The van der Waals surface area contributed by atoms with Crippen LogP contribution >= 0.6 is 0 Å². The lowest BCUT2D eigenvalue weighted by atomic mass is 10.1. The molecule has 0 bridgehead atoms. The van der Waals surface area contributed by atoms with Crippen LogP contribution in [0.25, 0.3) is 0 Å². The first-order valence-corrected chi connectivity index (χ1v) is 5.00. The molecule has 6 N–H and O–H groups in total. The summed E-state index contributed by atoms with van der Waals surface area (Å²) in [5.74, 6) is 0. The van der Waals surface area contributed by atoms with Gasteiger partial charge < -0.3 is 21.7 Å². The fraction of sp³-hybridized carbons (Fsp3) is 0.455. The molecule has 0 saturated carbocycles. The summed E-state index contributed by atoms with van der Waals surface area (Å²) in [6.45, 7) is 1.09. The molecule has 0 aliphatic rings. The van der Waals surface area contributed by atoms with Crippen molar-refractivity contribution >= 4 is 0 Å². The van der Waals surface area contributed by atoms with E-state index in [4.69, 9.17) is 16.6 Å². The zero-order valence-corrected chi connectivity index (χ0v) is 8.84. The predicted octanol–water partition coefficient (Wildman–Crippen LogP) is 0.00620. The highest BCUT2D eigenvalue weighted by Gasteiger charge is 2.01. The molecule has 0 saturated heterocycles. The molecule has 0 amide bonds. The maximum absolute atomic E-state index is 9.20. The van der Waals surface area contributed by atoms with Crippen molar-refractivity contribution in [1.82, 2.24) is 0 Å². The molecule has 0 heterocycles. The van der Waals surface area contributed by atoms with Crippen molar-refractivity contribution in [2.75, 3.05) is 19.7 Å². The Labute approximate surface area is 90.5 Å². The number of hydrogen-bond donors (Lipinski definition) is 4. The summed E-state index contributed by atoms with van der Waals surface area (Å²) >= 11 is 0. The Morgan fingerprint density at radius 3 is 2.07 bits per heavy atom. The average Bonchev–Trinajstić information content (AvgIpc) is 2.31. The second-order valence-electron chi connectivity index (χ2n) is 3.03. The first-order chi connectivity index (χ1) is 7.26. The number of aliphatic hydroxyl groups is 2. The summed E-state index contributed by atoms with van der Waals surface area (Å²) in [5.41, 5.74) is 11.1. The minimum Gasteiger partial charge on any atom is -0.396 e. The summed E-state index contributed by atoms with van der Waals surface area (Å²) in [6.07, 6.45) is 0.209. The molecule has 0 aliphatic heterocycles. The summed E-state index contributed by atoms with van der Waals surface area (Å²) in [6, 6.07) is 9.39. The molecular formula is C11H20N2O2. The number of aliphatic hydroxyl groups excluding tert-OH is 2. The molecule has 1 rings (SSSR count). The van der Waals surface area contributed by atoms with Gasteiger partial charge in [-0.05, 0) is 18.5 Å². The fourth-order valence-electron chi connectivity index (χ4n) is 0.903. The summed E-state index contributed by atoms with van der Waals surface area (Å²) < 4.78 is 0. The molecule has 1 aromatic rings. The molecule has 1 atom stereocenters. The van der Waals surface area contributed by atoms with Crippen molar-refractivity contribution < 1.29 is 10.2 Å². The normalized spacial score (nSPS) is 11.5. The first-order valence-electron chi connectivity index (χ1n) is 5.00. The largest absolute Gasteiger partial charge is 0.396 e.